The number of methoxy groups -OCH3 is 1. The molecular weight excluding hydrogens is 274 g/mol. The predicted molar refractivity (Wildman–Crippen MR) is 76.1 cm³/mol. The van der Waals surface area contributed by atoms with Crippen LogP contribution in [0.5, 0.6) is 11.5 Å². The van der Waals surface area contributed by atoms with Gasteiger partial charge in [0.25, 0.3) is 5.69 Å². The number of nitrogens with two attached hydrogens (primary N) is 1. The fraction of sp³-hybridized carbons (Fsp3) is 0.214. The van der Waals surface area contributed by atoms with Crippen molar-refractivity contribution in [1.29, 1.82) is 0 Å². The molecule has 0 fully saturated rings. The molecular formula is C14H15N3O4. The first-order valence-electron chi connectivity index (χ1n) is 6.22. The molecule has 0 amide bonds. The highest BCUT2D eigenvalue weighted by Crippen LogP contribution is 2.23. The van der Waals surface area contributed by atoms with Crippen LogP contribution in [0.1, 0.15) is 11.3 Å². The fourth-order valence-electron chi connectivity index (χ4n) is 1.73. The molecule has 1 heterocycles. The Morgan fingerprint density at radius 3 is 2.67 bits per heavy atom. The second-order valence-electron chi connectivity index (χ2n) is 4.27. The van der Waals surface area contributed by atoms with Gasteiger partial charge in [-0.05, 0) is 23.8 Å². The van der Waals surface area contributed by atoms with Gasteiger partial charge in [0, 0.05) is 12.6 Å². The van der Waals surface area contributed by atoms with E-state index in [0.29, 0.717) is 23.6 Å². The molecule has 0 saturated carbocycles. The lowest BCUT2D eigenvalue weighted by Gasteiger charge is -2.08. The highest BCUT2D eigenvalue weighted by molar-refractivity contribution is 5.42. The van der Waals surface area contributed by atoms with Crippen molar-refractivity contribution in [3.8, 4) is 11.5 Å². The number of nitrogens with zero attached hydrogens (tertiary/aromatic N) is 2. The van der Waals surface area contributed by atoms with Gasteiger partial charge in [-0.3, -0.25) is 15.1 Å². The van der Waals surface area contributed by atoms with E-state index in [4.69, 9.17) is 15.2 Å². The normalized spacial score (nSPS) is 10.2. The summed E-state index contributed by atoms with van der Waals surface area (Å²) in [5, 5.41) is 10.9. The average molecular weight is 289 g/mol. The van der Waals surface area contributed by atoms with E-state index < -0.39 is 4.92 Å². The average Bonchev–Trinajstić information content (AvgIpc) is 2.53. The van der Waals surface area contributed by atoms with Crippen molar-refractivity contribution in [1.82, 2.24) is 4.98 Å². The zero-order chi connectivity index (χ0) is 15.2. The molecule has 7 nitrogen and oxygen atoms in total. The van der Waals surface area contributed by atoms with E-state index in [1.165, 1.54) is 19.2 Å². The van der Waals surface area contributed by atoms with Crippen molar-refractivity contribution < 1.29 is 14.4 Å². The summed E-state index contributed by atoms with van der Waals surface area (Å²) < 4.78 is 10.6. The number of nitro benzene ring substituents is 1. The van der Waals surface area contributed by atoms with E-state index in [1.54, 1.807) is 24.4 Å². The SMILES string of the molecule is COc1cc(COc2ccc(CN)nc2)cc([N+](=O)[O-])c1. The summed E-state index contributed by atoms with van der Waals surface area (Å²) in [6, 6.07) is 8.02. The van der Waals surface area contributed by atoms with Gasteiger partial charge in [-0.15, -0.1) is 0 Å². The van der Waals surface area contributed by atoms with Gasteiger partial charge in [0.1, 0.15) is 18.1 Å². The molecule has 0 spiro atoms. The van der Waals surface area contributed by atoms with Crippen molar-refractivity contribution >= 4 is 5.69 Å². The van der Waals surface area contributed by atoms with Crippen LogP contribution in [0.4, 0.5) is 5.69 Å². The number of aromatic nitrogens is 1. The molecule has 0 aliphatic heterocycles. The molecule has 0 aliphatic carbocycles. The van der Waals surface area contributed by atoms with Gasteiger partial charge in [0.15, 0.2) is 0 Å². The number of hydrogen-bond acceptors (Lipinski definition) is 6. The van der Waals surface area contributed by atoms with Gasteiger partial charge in [-0.2, -0.15) is 0 Å². The van der Waals surface area contributed by atoms with Gasteiger partial charge < -0.3 is 15.2 Å². The third kappa shape index (κ3) is 3.90. The number of benzene rings is 1. The van der Waals surface area contributed by atoms with Crippen LogP contribution in [0.3, 0.4) is 0 Å². The Labute approximate surface area is 121 Å². The van der Waals surface area contributed by atoms with Crippen LogP contribution in [0.25, 0.3) is 0 Å². The first-order valence-corrected chi connectivity index (χ1v) is 6.22. The van der Waals surface area contributed by atoms with Crippen LogP contribution in [-0.2, 0) is 13.2 Å². The molecule has 0 radical (unpaired) electrons. The molecule has 0 unspecified atom stereocenters. The highest BCUT2D eigenvalue weighted by Gasteiger charge is 2.10. The zero-order valence-electron chi connectivity index (χ0n) is 11.5. The lowest BCUT2D eigenvalue weighted by molar-refractivity contribution is -0.385. The largest absolute Gasteiger partial charge is 0.496 e. The smallest absolute Gasteiger partial charge is 0.273 e. The topological polar surface area (TPSA) is 101 Å². The minimum Gasteiger partial charge on any atom is -0.496 e. The highest BCUT2D eigenvalue weighted by atomic mass is 16.6. The summed E-state index contributed by atoms with van der Waals surface area (Å²) in [4.78, 5) is 14.5. The van der Waals surface area contributed by atoms with Gasteiger partial charge >= 0.3 is 0 Å². The molecule has 21 heavy (non-hydrogen) atoms. The molecule has 0 bridgehead atoms. The molecule has 1 aromatic heterocycles. The summed E-state index contributed by atoms with van der Waals surface area (Å²) >= 11 is 0. The minimum absolute atomic E-state index is 0.0374. The Morgan fingerprint density at radius 2 is 2.10 bits per heavy atom. The molecule has 0 atom stereocenters. The number of ether oxygens (including phenoxy) is 2. The van der Waals surface area contributed by atoms with Crippen LogP contribution in [-0.4, -0.2) is 17.0 Å². The molecule has 110 valence electrons. The van der Waals surface area contributed by atoms with Gasteiger partial charge in [0.2, 0.25) is 0 Å². The predicted octanol–water partition coefficient (Wildman–Crippen LogP) is 2.04. The van der Waals surface area contributed by atoms with Crippen LogP contribution in [0.15, 0.2) is 36.5 Å². The third-order valence-electron chi connectivity index (χ3n) is 2.81. The Kier molecular flexibility index (Phi) is 4.68. The lowest BCUT2D eigenvalue weighted by Crippen LogP contribution is -2.01. The standard InChI is InChI=1S/C14H15N3O4/c1-20-14-5-10(4-12(6-14)17(18)19)9-21-13-3-2-11(7-15)16-8-13/h2-6,8H,7,9,15H2,1H3. The number of pyridine rings is 1. The van der Waals surface area contributed by atoms with Crippen molar-refractivity contribution in [3.05, 3.63) is 57.9 Å². The number of rotatable bonds is 6. The van der Waals surface area contributed by atoms with Crippen LogP contribution < -0.4 is 15.2 Å². The lowest BCUT2D eigenvalue weighted by atomic mass is 10.2. The minimum atomic E-state index is -0.469. The Bertz CT molecular complexity index is 629. The van der Waals surface area contributed by atoms with Gasteiger partial charge in [0.05, 0.1) is 30.0 Å². The number of nitro groups is 1. The van der Waals surface area contributed by atoms with E-state index in [0.717, 1.165) is 5.69 Å². The van der Waals surface area contributed by atoms with Crippen LogP contribution >= 0.6 is 0 Å². The van der Waals surface area contributed by atoms with Crippen molar-refractivity contribution in [3.63, 3.8) is 0 Å². The van der Waals surface area contributed by atoms with E-state index in [2.05, 4.69) is 4.98 Å². The van der Waals surface area contributed by atoms with E-state index in [-0.39, 0.29) is 12.3 Å². The van der Waals surface area contributed by atoms with E-state index >= 15 is 0 Å². The number of hydrogen-bond donors (Lipinski definition) is 1. The fourth-order valence-corrected chi connectivity index (χ4v) is 1.73. The second-order valence-corrected chi connectivity index (χ2v) is 4.27. The monoisotopic (exact) mass is 289 g/mol. The quantitative estimate of drug-likeness (QED) is 0.645. The summed E-state index contributed by atoms with van der Waals surface area (Å²) in [5.74, 6) is 0.983. The molecule has 2 aromatic rings. The molecule has 2 rings (SSSR count). The van der Waals surface area contributed by atoms with Crippen LogP contribution in [0.2, 0.25) is 0 Å². The maximum absolute atomic E-state index is 10.9. The van der Waals surface area contributed by atoms with Gasteiger partial charge in [-0.25, -0.2) is 0 Å². The maximum atomic E-state index is 10.9. The zero-order valence-corrected chi connectivity index (χ0v) is 11.5. The first kappa shape index (κ1) is 14.7. The summed E-state index contributed by atoms with van der Waals surface area (Å²) in [5.41, 5.74) is 6.83. The van der Waals surface area contributed by atoms with Crippen molar-refractivity contribution in [2.75, 3.05) is 7.11 Å². The summed E-state index contributed by atoms with van der Waals surface area (Å²) in [6.07, 6.45) is 1.57. The first-order chi connectivity index (χ1) is 10.1. The molecule has 2 N–H and O–H groups in total. The Hall–Kier alpha value is -2.67. The molecule has 0 saturated heterocycles. The van der Waals surface area contributed by atoms with Crippen molar-refractivity contribution in [2.24, 2.45) is 5.73 Å². The number of non-ortho nitro benzene ring substituents is 1. The summed E-state index contributed by atoms with van der Waals surface area (Å²) in [6.45, 7) is 0.546. The van der Waals surface area contributed by atoms with E-state index in [9.17, 15) is 10.1 Å². The van der Waals surface area contributed by atoms with Crippen LogP contribution in [0, 0.1) is 10.1 Å². The molecule has 0 aliphatic rings. The Morgan fingerprint density at radius 1 is 1.29 bits per heavy atom. The molecule has 1 aromatic carbocycles. The van der Waals surface area contributed by atoms with Gasteiger partial charge in [-0.1, -0.05) is 0 Å². The van der Waals surface area contributed by atoms with E-state index in [1.807, 2.05) is 0 Å². The second kappa shape index (κ2) is 6.67. The summed E-state index contributed by atoms with van der Waals surface area (Å²) in [7, 11) is 1.46. The Balaban J connectivity index is 2.11. The van der Waals surface area contributed by atoms with Crippen molar-refractivity contribution in [2.45, 2.75) is 13.2 Å². The third-order valence-corrected chi connectivity index (χ3v) is 2.81. The maximum Gasteiger partial charge on any atom is 0.273 e. The molecule has 7 heteroatoms.